The molecular formula is C17H23N3O3. The zero-order valence-corrected chi connectivity index (χ0v) is 13.1. The number of nitrogens with zero attached hydrogens (tertiary/aromatic N) is 1. The number of ether oxygens (including phenoxy) is 1. The number of rotatable bonds is 2. The largest absolute Gasteiger partial charge is 0.493 e. The number of piperazine rings is 1. The first-order valence-electron chi connectivity index (χ1n) is 8.38. The molecule has 1 aromatic rings. The summed E-state index contributed by atoms with van der Waals surface area (Å²) in [6.45, 7) is 2.73. The lowest BCUT2D eigenvalue weighted by Gasteiger charge is -2.36. The van der Waals surface area contributed by atoms with E-state index in [9.17, 15) is 9.90 Å². The number of hydrogen-bond donors (Lipinski definition) is 3. The lowest BCUT2D eigenvalue weighted by atomic mass is 10.00. The Kier molecular flexibility index (Phi) is 3.97. The monoisotopic (exact) mass is 317 g/mol. The van der Waals surface area contributed by atoms with Crippen LogP contribution < -0.4 is 15.4 Å². The van der Waals surface area contributed by atoms with E-state index in [4.69, 9.17) is 4.74 Å². The third-order valence-electron chi connectivity index (χ3n) is 5.11. The molecule has 6 heteroatoms. The quantitative estimate of drug-likeness (QED) is 0.718. The number of nitrogens with one attached hydrogen (secondary N) is 2. The van der Waals surface area contributed by atoms with Gasteiger partial charge in [0.05, 0.1) is 24.8 Å². The minimum absolute atomic E-state index is 0.0103. The van der Waals surface area contributed by atoms with Crippen LogP contribution in [0.15, 0.2) is 24.3 Å². The molecular weight excluding hydrogens is 294 g/mol. The van der Waals surface area contributed by atoms with E-state index in [-0.39, 0.29) is 24.1 Å². The van der Waals surface area contributed by atoms with Crippen LogP contribution in [0.2, 0.25) is 0 Å². The number of para-hydroxylation sites is 1. The van der Waals surface area contributed by atoms with Gasteiger partial charge in [0.15, 0.2) is 0 Å². The SMILES string of the molecule is O=C(N[C@@H]1CCOc2ccccc21)C1CN2CC(O)CC2CN1. The van der Waals surface area contributed by atoms with Crippen LogP contribution in [-0.4, -0.2) is 60.3 Å². The second kappa shape index (κ2) is 6.11. The van der Waals surface area contributed by atoms with Crippen molar-refractivity contribution >= 4 is 5.91 Å². The molecule has 2 fully saturated rings. The fourth-order valence-electron chi connectivity index (χ4n) is 3.91. The van der Waals surface area contributed by atoms with Crippen molar-refractivity contribution < 1.29 is 14.6 Å². The molecule has 3 N–H and O–H groups in total. The number of carbonyl (C=O) groups excluding carboxylic acids is 1. The number of hydrogen-bond acceptors (Lipinski definition) is 5. The van der Waals surface area contributed by atoms with E-state index < -0.39 is 0 Å². The van der Waals surface area contributed by atoms with Gasteiger partial charge in [-0.3, -0.25) is 9.69 Å². The number of benzene rings is 1. The molecule has 3 aliphatic heterocycles. The van der Waals surface area contributed by atoms with Gasteiger partial charge in [-0.15, -0.1) is 0 Å². The summed E-state index contributed by atoms with van der Waals surface area (Å²) in [6.07, 6.45) is 1.33. The predicted octanol–water partition coefficient (Wildman–Crippen LogP) is 0.0334. The van der Waals surface area contributed by atoms with Crippen molar-refractivity contribution in [1.29, 1.82) is 0 Å². The molecule has 3 heterocycles. The standard InChI is InChI=1S/C17H23N3O3/c21-12-7-11-8-18-15(10-20(11)9-12)17(22)19-14-5-6-23-16-4-2-1-3-13(14)16/h1-4,11-12,14-15,18,21H,5-10H2,(H,19,22)/t11?,12?,14-,15?/m1/s1. The molecule has 0 saturated carbocycles. The Bertz CT molecular complexity index is 594. The highest BCUT2D eigenvalue weighted by Crippen LogP contribution is 2.31. The molecule has 0 radical (unpaired) electrons. The third kappa shape index (κ3) is 2.94. The van der Waals surface area contributed by atoms with Crippen molar-refractivity contribution in [3.63, 3.8) is 0 Å². The predicted molar refractivity (Wildman–Crippen MR) is 85.2 cm³/mol. The number of aliphatic hydroxyl groups is 1. The van der Waals surface area contributed by atoms with Crippen LogP contribution in [0, 0.1) is 0 Å². The van der Waals surface area contributed by atoms with Gasteiger partial charge in [-0.1, -0.05) is 18.2 Å². The number of carbonyl (C=O) groups is 1. The van der Waals surface area contributed by atoms with Gasteiger partial charge in [0, 0.05) is 37.7 Å². The van der Waals surface area contributed by atoms with Crippen LogP contribution in [-0.2, 0) is 4.79 Å². The third-order valence-corrected chi connectivity index (χ3v) is 5.11. The highest BCUT2D eigenvalue weighted by atomic mass is 16.5. The molecule has 2 saturated heterocycles. The smallest absolute Gasteiger partial charge is 0.238 e. The Morgan fingerprint density at radius 1 is 1.35 bits per heavy atom. The van der Waals surface area contributed by atoms with Gasteiger partial charge in [-0.25, -0.2) is 0 Å². The summed E-state index contributed by atoms with van der Waals surface area (Å²) in [6, 6.07) is 8.04. The maximum absolute atomic E-state index is 12.6. The zero-order chi connectivity index (χ0) is 15.8. The summed E-state index contributed by atoms with van der Waals surface area (Å²) in [7, 11) is 0. The molecule has 23 heavy (non-hydrogen) atoms. The summed E-state index contributed by atoms with van der Waals surface area (Å²) >= 11 is 0. The molecule has 6 nitrogen and oxygen atoms in total. The first-order chi connectivity index (χ1) is 11.2. The number of aliphatic hydroxyl groups excluding tert-OH is 1. The Morgan fingerprint density at radius 3 is 3.13 bits per heavy atom. The average molecular weight is 317 g/mol. The zero-order valence-electron chi connectivity index (χ0n) is 13.1. The average Bonchev–Trinajstić information content (AvgIpc) is 2.94. The van der Waals surface area contributed by atoms with Gasteiger partial charge in [-0.2, -0.15) is 0 Å². The first-order valence-corrected chi connectivity index (χ1v) is 8.38. The molecule has 0 aliphatic carbocycles. The topological polar surface area (TPSA) is 73.8 Å². The maximum Gasteiger partial charge on any atom is 0.238 e. The molecule has 1 amide bonds. The van der Waals surface area contributed by atoms with Gasteiger partial charge < -0.3 is 20.5 Å². The van der Waals surface area contributed by atoms with Crippen molar-refractivity contribution in [1.82, 2.24) is 15.5 Å². The molecule has 1 aromatic carbocycles. The summed E-state index contributed by atoms with van der Waals surface area (Å²) < 4.78 is 5.65. The lowest BCUT2D eigenvalue weighted by molar-refractivity contribution is -0.125. The fourth-order valence-corrected chi connectivity index (χ4v) is 3.91. The molecule has 3 aliphatic rings. The summed E-state index contributed by atoms with van der Waals surface area (Å²) in [5, 5.41) is 16.3. The van der Waals surface area contributed by atoms with Crippen molar-refractivity contribution in [3.05, 3.63) is 29.8 Å². The van der Waals surface area contributed by atoms with Crippen LogP contribution in [0.1, 0.15) is 24.4 Å². The normalized spacial score (nSPS) is 33.4. The Morgan fingerprint density at radius 2 is 2.22 bits per heavy atom. The lowest BCUT2D eigenvalue weighted by Crippen LogP contribution is -2.59. The molecule has 4 rings (SSSR count). The fraction of sp³-hybridized carbons (Fsp3) is 0.588. The van der Waals surface area contributed by atoms with Crippen LogP contribution in [0.5, 0.6) is 5.75 Å². The van der Waals surface area contributed by atoms with E-state index >= 15 is 0 Å². The summed E-state index contributed by atoms with van der Waals surface area (Å²) in [4.78, 5) is 14.9. The molecule has 0 spiro atoms. The Balaban J connectivity index is 1.41. The van der Waals surface area contributed by atoms with Crippen molar-refractivity contribution in [3.8, 4) is 5.75 Å². The second-order valence-corrected chi connectivity index (χ2v) is 6.69. The van der Waals surface area contributed by atoms with Crippen LogP contribution in [0.4, 0.5) is 0 Å². The number of fused-ring (bicyclic) bond motifs is 2. The van der Waals surface area contributed by atoms with E-state index in [0.717, 1.165) is 30.7 Å². The first kappa shape index (κ1) is 14.9. The maximum atomic E-state index is 12.6. The second-order valence-electron chi connectivity index (χ2n) is 6.69. The van der Waals surface area contributed by atoms with E-state index in [1.807, 2.05) is 24.3 Å². The van der Waals surface area contributed by atoms with Gasteiger partial charge in [0.2, 0.25) is 5.91 Å². The van der Waals surface area contributed by atoms with Crippen LogP contribution >= 0.6 is 0 Å². The molecule has 124 valence electrons. The summed E-state index contributed by atoms with van der Waals surface area (Å²) in [5.41, 5.74) is 1.05. The van der Waals surface area contributed by atoms with E-state index in [1.165, 1.54) is 0 Å². The highest BCUT2D eigenvalue weighted by Gasteiger charge is 2.38. The molecule has 0 bridgehead atoms. The number of amides is 1. The van der Waals surface area contributed by atoms with Crippen molar-refractivity contribution in [2.75, 3.05) is 26.2 Å². The summed E-state index contributed by atoms with van der Waals surface area (Å²) in [5.74, 6) is 0.898. The molecule has 0 aromatic heterocycles. The van der Waals surface area contributed by atoms with Gasteiger partial charge in [0.1, 0.15) is 5.75 Å². The van der Waals surface area contributed by atoms with E-state index in [0.29, 0.717) is 25.7 Å². The Labute approximate surface area is 135 Å². The van der Waals surface area contributed by atoms with Crippen LogP contribution in [0.25, 0.3) is 0 Å². The minimum atomic E-state index is -0.258. The molecule has 3 unspecified atom stereocenters. The van der Waals surface area contributed by atoms with E-state index in [1.54, 1.807) is 0 Å². The van der Waals surface area contributed by atoms with E-state index in [2.05, 4.69) is 15.5 Å². The Hall–Kier alpha value is -1.63. The van der Waals surface area contributed by atoms with Crippen molar-refractivity contribution in [2.24, 2.45) is 0 Å². The molecule has 4 atom stereocenters. The van der Waals surface area contributed by atoms with Gasteiger partial charge >= 0.3 is 0 Å². The minimum Gasteiger partial charge on any atom is -0.493 e. The highest BCUT2D eigenvalue weighted by molar-refractivity contribution is 5.82. The van der Waals surface area contributed by atoms with Gasteiger partial charge in [0.25, 0.3) is 0 Å². The van der Waals surface area contributed by atoms with Crippen molar-refractivity contribution in [2.45, 2.75) is 37.1 Å². The van der Waals surface area contributed by atoms with Crippen LogP contribution in [0.3, 0.4) is 0 Å². The van der Waals surface area contributed by atoms with Gasteiger partial charge in [-0.05, 0) is 12.5 Å².